The van der Waals surface area contributed by atoms with Gasteiger partial charge in [0.2, 0.25) is 5.91 Å². The van der Waals surface area contributed by atoms with Crippen molar-refractivity contribution in [3.8, 4) is 0 Å². The quantitative estimate of drug-likeness (QED) is 0.933. The number of piperazine rings is 1. The van der Waals surface area contributed by atoms with Crippen LogP contribution in [-0.4, -0.2) is 41.5 Å². The molecule has 3 rings (SSSR count). The van der Waals surface area contributed by atoms with Crippen molar-refractivity contribution in [1.29, 1.82) is 0 Å². The van der Waals surface area contributed by atoms with Gasteiger partial charge in [0, 0.05) is 37.5 Å². The van der Waals surface area contributed by atoms with E-state index in [0.717, 1.165) is 35.9 Å². The van der Waals surface area contributed by atoms with E-state index in [1.807, 2.05) is 10.3 Å². The molecule has 1 fully saturated rings. The molecule has 23 heavy (non-hydrogen) atoms. The molecule has 4 nitrogen and oxygen atoms in total. The average Bonchev–Trinajstić information content (AvgIpc) is 2.96. The lowest BCUT2D eigenvalue weighted by atomic mass is 10.1. The first-order valence-electron chi connectivity index (χ1n) is 7.79. The van der Waals surface area contributed by atoms with E-state index >= 15 is 0 Å². The Bertz CT molecular complexity index is 671. The molecule has 0 aliphatic carbocycles. The van der Waals surface area contributed by atoms with Crippen molar-refractivity contribution >= 4 is 17.2 Å². The number of nitrogens with zero attached hydrogens (tertiary/aromatic N) is 2. The molecular formula is C17H20FN3OS. The van der Waals surface area contributed by atoms with Crippen LogP contribution in [0.5, 0.6) is 0 Å². The summed E-state index contributed by atoms with van der Waals surface area (Å²) < 4.78 is 12.9. The van der Waals surface area contributed by atoms with Gasteiger partial charge in [-0.1, -0.05) is 12.1 Å². The van der Waals surface area contributed by atoms with Gasteiger partial charge in [0.25, 0.3) is 0 Å². The first-order valence-corrected chi connectivity index (χ1v) is 8.67. The third-order valence-corrected chi connectivity index (χ3v) is 4.82. The van der Waals surface area contributed by atoms with Gasteiger partial charge in [0.05, 0.1) is 17.1 Å². The molecule has 6 heteroatoms. The molecule has 1 N–H and O–H groups in total. The summed E-state index contributed by atoms with van der Waals surface area (Å²) in [4.78, 5) is 18.8. The largest absolute Gasteiger partial charge is 0.340 e. The Balaban J connectivity index is 1.58. The van der Waals surface area contributed by atoms with Crippen molar-refractivity contribution in [1.82, 2.24) is 15.2 Å². The third-order valence-electron chi connectivity index (χ3n) is 3.92. The molecule has 0 spiro atoms. The van der Waals surface area contributed by atoms with E-state index in [-0.39, 0.29) is 11.7 Å². The molecule has 1 aromatic carbocycles. The van der Waals surface area contributed by atoms with Gasteiger partial charge in [-0.05, 0) is 24.6 Å². The minimum Gasteiger partial charge on any atom is -0.340 e. The average molecular weight is 333 g/mol. The van der Waals surface area contributed by atoms with E-state index in [0.29, 0.717) is 18.9 Å². The predicted octanol–water partition coefficient (Wildman–Crippen LogP) is 2.24. The number of thiazole rings is 1. The highest BCUT2D eigenvalue weighted by molar-refractivity contribution is 7.09. The van der Waals surface area contributed by atoms with E-state index in [1.54, 1.807) is 23.5 Å². The van der Waals surface area contributed by atoms with Crippen LogP contribution in [0.15, 0.2) is 29.6 Å². The van der Waals surface area contributed by atoms with Crippen molar-refractivity contribution in [2.24, 2.45) is 0 Å². The van der Waals surface area contributed by atoms with Crippen molar-refractivity contribution in [3.63, 3.8) is 0 Å². The zero-order valence-electron chi connectivity index (χ0n) is 13.1. The Morgan fingerprint density at radius 1 is 1.43 bits per heavy atom. The molecule has 1 aliphatic heterocycles. The highest BCUT2D eigenvalue weighted by atomic mass is 32.1. The number of carbonyl (C=O) groups is 1. The standard InChI is InChI=1S/C17H20FN3OS/c1-12-10-21(7-6-19-12)17(22)9-15-11-23-16(20-15)8-13-2-4-14(18)5-3-13/h2-5,11-12,19H,6-10H2,1H3. The van der Waals surface area contributed by atoms with Crippen molar-refractivity contribution < 1.29 is 9.18 Å². The summed E-state index contributed by atoms with van der Waals surface area (Å²) in [6.07, 6.45) is 1.02. The Morgan fingerprint density at radius 2 is 2.22 bits per heavy atom. The van der Waals surface area contributed by atoms with Gasteiger partial charge >= 0.3 is 0 Å². The van der Waals surface area contributed by atoms with E-state index in [4.69, 9.17) is 0 Å². The summed E-state index contributed by atoms with van der Waals surface area (Å²) in [7, 11) is 0. The summed E-state index contributed by atoms with van der Waals surface area (Å²) in [6.45, 7) is 4.45. The van der Waals surface area contributed by atoms with Crippen LogP contribution in [0, 0.1) is 5.82 Å². The Morgan fingerprint density at radius 3 is 2.96 bits per heavy atom. The molecule has 0 saturated carbocycles. The van der Waals surface area contributed by atoms with E-state index in [1.165, 1.54) is 12.1 Å². The highest BCUT2D eigenvalue weighted by Crippen LogP contribution is 2.16. The summed E-state index contributed by atoms with van der Waals surface area (Å²) in [5, 5.41) is 6.23. The molecule has 1 atom stereocenters. The Labute approximate surface area is 139 Å². The van der Waals surface area contributed by atoms with Crippen LogP contribution in [0.2, 0.25) is 0 Å². The predicted molar refractivity (Wildman–Crippen MR) is 89.1 cm³/mol. The van der Waals surface area contributed by atoms with Crippen LogP contribution in [-0.2, 0) is 17.6 Å². The second-order valence-electron chi connectivity index (χ2n) is 5.91. The van der Waals surface area contributed by atoms with Gasteiger partial charge < -0.3 is 10.2 Å². The van der Waals surface area contributed by atoms with Crippen molar-refractivity contribution in [3.05, 3.63) is 51.7 Å². The van der Waals surface area contributed by atoms with Crippen LogP contribution in [0.3, 0.4) is 0 Å². The lowest BCUT2D eigenvalue weighted by molar-refractivity contribution is -0.131. The molecule has 2 aromatic rings. The molecule has 1 unspecified atom stereocenters. The number of hydrogen-bond acceptors (Lipinski definition) is 4. The molecule has 1 saturated heterocycles. The first kappa shape index (κ1) is 16.1. The van der Waals surface area contributed by atoms with Gasteiger partial charge in [0.15, 0.2) is 0 Å². The van der Waals surface area contributed by atoms with Crippen LogP contribution in [0.1, 0.15) is 23.2 Å². The van der Waals surface area contributed by atoms with Crippen LogP contribution < -0.4 is 5.32 Å². The summed E-state index contributed by atoms with van der Waals surface area (Å²) in [5.74, 6) is -0.0959. The Hall–Kier alpha value is -1.79. The van der Waals surface area contributed by atoms with Gasteiger partial charge in [0.1, 0.15) is 5.82 Å². The van der Waals surface area contributed by atoms with Crippen molar-refractivity contribution in [2.75, 3.05) is 19.6 Å². The minimum absolute atomic E-state index is 0.136. The smallest absolute Gasteiger partial charge is 0.228 e. The monoisotopic (exact) mass is 333 g/mol. The zero-order valence-corrected chi connectivity index (χ0v) is 13.9. The van der Waals surface area contributed by atoms with Crippen LogP contribution >= 0.6 is 11.3 Å². The molecule has 1 amide bonds. The summed E-state index contributed by atoms with van der Waals surface area (Å²) in [5.41, 5.74) is 1.85. The SMILES string of the molecule is CC1CN(C(=O)Cc2csc(Cc3ccc(F)cc3)n2)CCN1. The third kappa shape index (κ3) is 4.36. The molecule has 0 bridgehead atoms. The van der Waals surface area contributed by atoms with Gasteiger partial charge in [-0.15, -0.1) is 11.3 Å². The number of halogens is 1. The number of amides is 1. The maximum absolute atomic E-state index is 12.9. The lowest BCUT2D eigenvalue weighted by Gasteiger charge is -2.31. The lowest BCUT2D eigenvalue weighted by Crippen LogP contribution is -2.51. The second-order valence-corrected chi connectivity index (χ2v) is 6.85. The number of hydrogen-bond donors (Lipinski definition) is 1. The van der Waals surface area contributed by atoms with E-state index in [2.05, 4.69) is 17.2 Å². The van der Waals surface area contributed by atoms with E-state index < -0.39 is 0 Å². The number of benzene rings is 1. The molecular weight excluding hydrogens is 313 g/mol. The van der Waals surface area contributed by atoms with Crippen molar-refractivity contribution in [2.45, 2.75) is 25.8 Å². The number of rotatable bonds is 4. The highest BCUT2D eigenvalue weighted by Gasteiger charge is 2.21. The molecule has 1 aromatic heterocycles. The minimum atomic E-state index is -0.232. The Kier molecular flexibility index (Phi) is 5.03. The molecule has 122 valence electrons. The zero-order chi connectivity index (χ0) is 16.2. The fraction of sp³-hybridized carbons (Fsp3) is 0.412. The molecule has 1 aliphatic rings. The number of carbonyl (C=O) groups excluding carboxylic acids is 1. The van der Waals surface area contributed by atoms with E-state index in [9.17, 15) is 9.18 Å². The summed E-state index contributed by atoms with van der Waals surface area (Å²) >= 11 is 1.55. The first-order chi connectivity index (χ1) is 11.1. The fourth-order valence-corrected chi connectivity index (χ4v) is 3.54. The topological polar surface area (TPSA) is 45.2 Å². The maximum Gasteiger partial charge on any atom is 0.228 e. The molecule has 2 heterocycles. The van der Waals surface area contributed by atoms with Crippen LogP contribution in [0.25, 0.3) is 0 Å². The molecule has 0 radical (unpaired) electrons. The van der Waals surface area contributed by atoms with Gasteiger partial charge in [-0.2, -0.15) is 0 Å². The normalized spacial score (nSPS) is 18.2. The number of nitrogens with one attached hydrogen (secondary N) is 1. The van der Waals surface area contributed by atoms with Crippen LogP contribution in [0.4, 0.5) is 4.39 Å². The maximum atomic E-state index is 12.9. The van der Waals surface area contributed by atoms with Gasteiger partial charge in [-0.25, -0.2) is 9.37 Å². The van der Waals surface area contributed by atoms with Gasteiger partial charge in [-0.3, -0.25) is 4.79 Å². The fourth-order valence-electron chi connectivity index (χ4n) is 2.71. The second kappa shape index (κ2) is 7.19. The number of aromatic nitrogens is 1. The summed E-state index contributed by atoms with van der Waals surface area (Å²) in [6, 6.07) is 6.79.